The van der Waals surface area contributed by atoms with Crippen LogP contribution in [0.3, 0.4) is 0 Å². The summed E-state index contributed by atoms with van der Waals surface area (Å²) in [5, 5.41) is 0.656. The maximum absolute atomic E-state index is 12.6. The topological polar surface area (TPSA) is 53.0 Å². The minimum atomic E-state index is -3.57. The standard InChI is InChI=1S/C17H20ClN3O2S2/c1-13-5-8-16(9-6-13)25(22,23)21(4)24-20(3)12-19-17-10-7-15(18)11-14(17)2/h5-12H,1-4H3/b19-12+. The quantitative estimate of drug-likeness (QED) is 0.411. The zero-order valence-electron chi connectivity index (χ0n) is 14.5. The third-order valence-corrected chi connectivity index (χ3v) is 6.57. The van der Waals surface area contributed by atoms with Gasteiger partial charge in [0.25, 0.3) is 10.0 Å². The van der Waals surface area contributed by atoms with Gasteiger partial charge in [0, 0.05) is 19.1 Å². The van der Waals surface area contributed by atoms with Gasteiger partial charge >= 0.3 is 0 Å². The summed E-state index contributed by atoms with van der Waals surface area (Å²) in [6, 6.07) is 12.2. The molecule has 0 saturated carbocycles. The molecule has 2 aromatic rings. The van der Waals surface area contributed by atoms with E-state index in [0.717, 1.165) is 28.9 Å². The number of nitrogens with zero attached hydrogens (tertiary/aromatic N) is 3. The summed E-state index contributed by atoms with van der Waals surface area (Å²) in [6.45, 7) is 3.83. The van der Waals surface area contributed by atoms with Gasteiger partial charge in [-0.1, -0.05) is 29.3 Å². The monoisotopic (exact) mass is 397 g/mol. The summed E-state index contributed by atoms with van der Waals surface area (Å²) < 4.78 is 28.0. The van der Waals surface area contributed by atoms with Crippen molar-refractivity contribution in [2.24, 2.45) is 4.99 Å². The van der Waals surface area contributed by atoms with E-state index in [4.69, 9.17) is 11.6 Å². The fraction of sp³-hybridized carbons (Fsp3) is 0.235. The Balaban J connectivity index is 2.07. The summed E-state index contributed by atoms with van der Waals surface area (Å²) in [5.41, 5.74) is 2.74. The van der Waals surface area contributed by atoms with E-state index in [0.29, 0.717) is 5.02 Å². The van der Waals surface area contributed by atoms with E-state index in [1.54, 1.807) is 48.0 Å². The first-order valence-corrected chi connectivity index (χ1v) is 10.0. The van der Waals surface area contributed by atoms with E-state index in [1.807, 2.05) is 26.0 Å². The van der Waals surface area contributed by atoms with Crippen molar-refractivity contribution in [1.29, 1.82) is 0 Å². The Morgan fingerprint density at radius 2 is 1.72 bits per heavy atom. The zero-order valence-corrected chi connectivity index (χ0v) is 16.9. The van der Waals surface area contributed by atoms with Gasteiger partial charge in [0.1, 0.15) is 6.34 Å². The minimum Gasteiger partial charge on any atom is -0.296 e. The summed E-state index contributed by atoms with van der Waals surface area (Å²) >= 11 is 6.96. The van der Waals surface area contributed by atoms with E-state index >= 15 is 0 Å². The maximum atomic E-state index is 12.6. The van der Waals surface area contributed by atoms with Crippen LogP contribution in [0.1, 0.15) is 11.1 Å². The molecular formula is C17H20ClN3O2S2. The predicted molar refractivity (Wildman–Crippen MR) is 106 cm³/mol. The van der Waals surface area contributed by atoms with Crippen LogP contribution in [0.5, 0.6) is 0 Å². The fourth-order valence-corrected chi connectivity index (χ4v) is 4.39. The molecule has 5 nitrogen and oxygen atoms in total. The van der Waals surface area contributed by atoms with E-state index in [9.17, 15) is 8.42 Å². The average molecular weight is 398 g/mol. The van der Waals surface area contributed by atoms with Crippen LogP contribution in [0.2, 0.25) is 5.02 Å². The molecule has 0 amide bonds. The number of sulfonamides is 1. The van der Waals surface area contributed by atoms with E-state index in [1.165, 1.54) is 10.8 Å². The number of rotatable bonds is 6. The molecule has 0 bridgehead atoms. The molecule has 0 fully saturated rings. The number of hydrogen-bond acceptors (Lipinski definition) is 4. The zero-order chi connectivity index (χ0) is 18.6. The largest absolute Gasteiger partial charge is 0.296 e. The molecule has 0 radical (unpaired) electrons. The fourth-order valence-electron chi connectivity index (χ4n) is 2.01. The molecule has 2 rings (SSSR count). The van der Waals surface area contributed by atoms with Gasteiger partial charge in [-0.2, -0.15) is 0 Å². The van der Waals surface area contributed by atoms with Crippen LogP contribution in [0.4, 0.5) is 5.69 Å². The first-order valence-electron chi connectivity index (χ1n) is 7.47. The lowest BCUT2D eigenvalue weighted by Gasteiger charge is -2.20. The molecular weight excluding hydrogens is 378 g/mol. The third-order valence-electron chi connectivity index (χ3n) is 3.42. The average Bonchev–Trinajstić information content (AvgIpc) is 2.54. The molecule has 25 heavy (non-hydrogen) atoms. The van der Waals surface area contributed by atoms with Crippen molar-refractivity contribution in [1.82, 2.24) is 8.02 Å². The molecule has 134 valence electrons. The molecule has 0 saturated heterocycles. The number of aryl methyl sites for hydroxylation is 2. The van der Waals surface area contributed by atoms with E-state index in [-0.39, 0.29) is 4.90 Å². The maximum Gasteiger partial charge on any atom is 0.253 e. The van der Waals surface area contributed by atoms with Gasteiger partial charge in [0.2, 0.25) is 0 Å². The lowest BCUT2D eigenvalue weighted by molar-refractivity contribution is 0.561. The van der Waals surface area contributed by atoms with Gasteiger partial charge in [-0.3, -0.25) is 4.31 Å². The SMILES string of the molecule is Cc1ccc(S(=O)(=O)N(C)SN(C)/C=N/c2ccc(Cl)cc2C)cc1. The lowest BCUT2D eigenvalue weighted by atomic mass is 10.2. The Morgan fingerprint density at radius 3 is 2.32 bits per heavy atom. The van der Waals surface area contributed by atoms with Crippen LogP contribution in [-0.4, -0.2) is 36.9 Å². The van der Waals surface area contributed by atoms with Gasteiger partial charge < -0.3 is 0 Å². The molecule has 0 aliphatic rings. The Morgan fingerprint density at radius 1 is 1.08 bits per heavy atom. The van der Waals surface area contributed by atoms with Crippen molar-refractivity contribution in [3.63, 3.8) is 0 Å². The second-order valence-electron chi connectivity index (χ2n) is 5.53. The van der Waals surface area contributed by atoms with Crippen LogP contribution in [0.15, 0.2) is 52.4 Å². The molecule has 2 aromatic carbocycles. The van der Waals surface area contributed by atoms with Crippen LogP contribution in [-0.2, 0) is 10.0 Å². The highest BCUT2D eigenvalue weighted by Crippen LogP contribution is 2.24. The Kier molecular flexibility index (Phi) is 6.51. The number of hydrogen-bond donors (Lipinski definition) is 0. The Labute approximate surface area is 158 Å². The molecule has 0 unspecified atom stereocenters. The highest BCUT2D eigenvalue weighted by molar-refractivity contribution is 8.07. The van der Waals surface area contributed by atoms with Gasteiger partial charge in [-0.15, -0.1) is 3.71 Å². The summed E-state index contributed by atoms with van der Waals surface area (Å²) in [7, 11) is -0.324. The third kappa shape index (κ3) is 5.22. The van der Waals surface area contributed by atoms with Gasteiger partial charge in [0.15, 0.2) is 0 Å². The van der Waals surface area contributed by atoms with Gasteiger partial charge in [-0.25, -0.2) is 13.4 Å². The normalized spacial score (nSPS) is 12.1. The van der Waals surface area contributed by atoms with Crippen molar-refractivity contribution >= 4 is 45.8 Å². The van der Waals surface area contributed by atoms with Gasteiger partial charge in [0.05, 0.1) is 22.7 Å². The molecule has 0 aromatic heterocycles. The number of aliphatic imine (C=N–C) groups is 1. The van der Waals surface area contributed by atoms with Crippen molar-refractivity contribution in [3.8, 4) is 0 Å². The van der Waals surface area contributed by atoms with E-state index < -0.39 is 10.0 Å². The predicted octanol–water partition coefficient (Wildman–Crippen LogP) is 4.43. The van der Waals surface area contributed by atoms with Crippen LogP contribution in [0.25, 0.3) is 0 Å². The number of halogens is 1. The summed E-state index contributed by atoms with van der Waals surface area (Å²) in [6.07, 6.45) is 1.57. The van der Waals surface area contributed by atoms with Gasteiger partial charge in [-0.05, 0) is 49.7 Å². The van der Waals surface area contributed by atoms with Crippen molar-refractivity contribution in [2.75, 3.05) is 14.1 Å². The molecule has 0 N–H and O–H groups in total. The first kappa shape index (κ1) is 19.8. The van der Waals surface area contributed by atoms with Crippen LogP contribution < -0.4 is 0 Å². The molecule has 0 atom stereocenters. The van der Waals surface area contributed by atoms with Crippen molar-refractivity contribution < 1.29 is 8.42 Å². The second kappa shape index (κ2) is 8.23. The molecule has 0 spiro atoms. The summed E-state index contributed by atoms with van der Waals surface area (Å²) in [4.78, 5) is 4.62. The Bertz CT molecular complexity index is 868. The molecule has 0 heterocycles. The van der Waals surface area contributed by atoms with Crippen LogP contribution >= 0.6 is 23.7 Å². The highest BCUT2D eigenvalue weighted by Gasteiger charge is 2.22. The number of benzene rings is 2. The minimum absolute atomic E-state index is 0.256. The first-order chi connectivity index (χ1) is 11.7. The van der Waals surface area contributed by atoms with Crippen molar-refractivity contribution in [3.05, 3.63) is 58.6 Å². The molecule has 0 aliphatic heterocycles. The van der Waals surface area contributed by atoms with Crippen LogP contribution in [0, 0.1) is 13.8 Å². The molecule has 0 aliphatic carbocycles. The summed E-state index contributed by atoms with van der Waals surface area (Å²) in [5.74, 6) is 0. The van der Waals surface area contributed by atoms with E-state index in [2.05, 4.69) is 4.99 Å². The second-order valence-corrected chi connectivity index (χ2v) is 9.45. The van der Waals surface area contributed by atoms with Crippen molar-refractivity contribution in [2.45, 2.75) is 18.7 Å². The highest BCUT2D eigenvalue weighted by atomic mass is 35.5. The molecule has 8 heteroatoms. The lowest BCUT2D eigenvalue weighted by Crippen LogP contribution is -2.25. The smallest absolute Gasteiger partial charge is 0.253 e. The Hall–Kier alpha value is -1.54.